The molecule has 0 bridgehead atoms. The van der Waals surface area contributed by atoms with Crippen LogP contribution in [0.15, 0.2) is 4.42 Å². The molecule has 0 aromatic carbocycles. The summed E-state index contributed by atoms with van der Waals surface area (Å²) in [6, 6.07) is 1.28. The number of nitrogens with zero attached hydrogens (tertiary/aromatic N) is 3. The van der Waals surface area contributed by atoms with Crippen molar-refractivity contribution in [2.45, 2.75) is 50.8 Å². The summed E-state index contributed by atoms with van der Waals surface area (Å²) in [7, 11) is 1.77. The van der Waals surface area contributed by atoms with Crippen molar-refractivity contribution in [2.24, 2.45) is 0 Å². The van der Waals surface area contributed by atoms with Crippen molar-refractivity contribution in [1.82, 2.24) is 15.5 Å². The van der Waals surface area contributed by atoms with Crippen molar-refractivity contribution in [3.8, 4) is 0 Å². The van der Waals surface area contributed by atoms with Gasteiger partial charge in [-0.2, -0.15) is 0 Å². The highest BCUT2D eigenvalue weighted by Gasteiger charge is 2.33. The molecule has 2 fully saturated rings. The molecule has 6 heteroatoms. The van der Waals surface area contributed by atoms with Crippen LogP contribution >= 0.6 is 0 Å². The van der Waals surface area contributed by atoms with Gasteiger partial charge in [-0.05, 0) is 32.6 Å². The number of rotatable bonds is 5. The molecule has 1 saturated carbocycles. The van der Waals surface area contributed by atoms with Gasteiger partial charge < -0.3 is 19.4 Å². The molecular formula is C13H22N4O2. The van der Waals surface area contributed by atoms with E-state index in [1.165, 1.54) is 12.8 Å². The summed E-state index contributed by atoms with van der Waals surface area (Å²) in [6.45, 7) is 4.57. The van der Waals surface area contributed by atoms with Crippen LogP contribution in [-0.2, 0) is 11.3 Å². The maximum absolute atomic E-state index is 5.72. The zero-order chi connectivity index (χ0) is 13.3. The number of hydrogen-bond donors (Lipinski definition) is 1. The summed E-state index contributed by atoms with van der Waals surface area (Å²) in [6.07, 6.45) is 4.69. The van der Waals surface area contributed by atoms with E-state index in [9.17, 15) is 0 Å². The second-order valence-electron chi connectivity index (χ2n) is 5.81. The van der Waals surface area contributed by atoms with Crippen molar-refractivity contribution in [2.75, 3.05) is 25.1 Å². The predicted molar refractivity (Wildman–Crippen MR) is 71.0 cm³/mol. The zero-order valence-corrected chi connectivity index (χ0v) is 11.7. The van der Waals surface area contributed by atoms with E-state index in [2.05, 4.69) is 27.3 Å². The molecule has 1 aromatic rings. The molecule has 106 valence electrons. The highest BCUT2D eigenvalue weighted by atomic mass is 16.5. The molecule has 1 aromatic heterocycles. The van der Waals surface area contributed by atoms with Gasteiger partial charge >= 0.3 is 6.01 Å². The average molecular weight is 266 g/mol. The quantitative estimate of drug-likeness (QED) is 0.867. The molecule has 0 radical (unpaired) electrons. The second kappa shape index (κ2) is 5.09. The van der Waals surface area contributed by atoms with Gasteiger partial charge in [-0.1, -0.05) is 5.10 Å². The van der Waals surface area contributed by atoms with Crippen LogP contribution in [0.3, 0.4) is 0 Å². The van der Waals surface area contributed by atoms with Gasteiger partial charge in [0, 0.05) is 19.7 Å². The Morgan fingerprint density at radius 2 is 2.32 bits per heavy atom. The number of hydrogen-bond acceptors (Lipinski definition) is 6. The fourth-order valence-electron chi connectivity index (χ4n) is 2.50. The fraction of sp³-hybridized carbons (Fsp3) is 0.846. The Kier molecular flexibility index (Phi) is 3.45. The number of ether oxygens (including phenoxy) is 1. The first-order chi connectivity index (χ1) is 9.18. The van der Waals surface area contributed by atoms with Gasteiger partial charge in [0.1, 0.15) is 0 Å². The third kappa shape index (κ3) is 3.06. The van der Waals surface area contributed by atoms with Crippen LogP contribution in [0, 0.1) is 0 Å². The van der Waals surface area contributed by atoms with Gasteiger partial charge in [-0.3, -0.25) is 0 Å². The molecule has 2 heterocycles. The van der Waals surface area contributed by atoms with E-state index in [1.54, 1.807) is 7.11 Å². The van der Waals surface area contributed by atoms with Gasteiger partial charge in [-0.25, -0.2) is 0 Å². The van der Waals surface area contributed by atoms with E-state index in [4.69, 9.17) is 9.15 Å². The van der Waals surface area contributed by atoms with E-state index >= 15 is 0 Å². The summed E-state index contributed by atoms with van der Waals surface area (Å²) in [5, 5.41) is 11.6. The Morgan fingerprint density at radius 3 is 3.05 bits per heavy atom. The molecule has 1 aliphatic carbocycles. The summed E-state index contributed by atoms with van der Waals surface area (Å²) >= 11 is 0. The van der Waals surface area contributed by atoms with E-state index in [0.29, 0.717) is 24.5 Å². The minimum atomic E-state index is -0.112. The maximum atomic E-state index is 5.72. The molecular weight excluding hydrogens is 244 g/mol. The molecule has 1 aliphatic heterocycles. The Bertz CT molecular complexity index is 432. The van der Waals surface area contributed by atoms with E-state index < -0.39 is 0 Å². The predicted octanol–water partition coefficient (Wildman–Crippen LogP) is 1.33. The van der Waals surface area contributed by atoms with Crippen molar-refractivity contribution in [1.29, 1.82) is 0 Å². The Hall–Kier alpha value is -1.14. The van der Waals surface area contributed by atoms with Crippen molar-refractivity contribution in [3.63, 3.8) is 0 Å². The summed E-state index contributed by atoms with van der Waals surface area (Å²) in [5.41, 5.74) is -0.112. The second-order valence-corrected chi connectivity index (χ2v) is 5.81. The van der Waals surface area contributed by atoms with E-state index in [-0.39, 0.29) is 5.60 Å². The lowest BCUT2D eigenvalue weighted by Crippen LogP contribution is -2.47. The fourth-order valence-corrected chi connectivity index (χ4v) is 2.50. The average Bonchev–Trinajstić information content (AvgIpc) is 3.13. The van der Waals surface area contributed by atoms with Crippen LogP contribution in [0.25, 0.3) is 0 Å². The lowest BCUT2D eigenvalue weighted by Gasteiger charge is -2.38. The highest BCUT2D eigenvalue weighted by molar-refractivity contribution is 5.26. The zero-order valence-electron chi connectivity index (χ0n) is 11.7. The summed E-state index contributed by atoms with van der Waals surface area (Å²) in [5.74, 6) is 0.673. The number of piperidine rings is 1. The van der Waals surface area contributed by atoms with Gasteiger partial charge in [-0.15, -0.1) is 5.10 Å². The molecule has 1 saturated heterocycles. The maximum Gasteiger partial charge on any atom is 0.318 e. The van der Waals surface area contributed by atoms with Crippen molar-refractivity contribution < 1.29 is 9.15 Å². The first kappa shape index (κ1) is 12.9. The van der Waals surface area contributed by atoms with Crippen LogP contribution < -0.4 is 10.2 Å². The molecule has 3 rings (SSSR count). The highest BCUT2D eigenvalue weighted by Crippen LogP contribution is 2.27. The topological polar surface area (TPSA) is 63.4 Å². The summed E-state index contributed by atoms with van der Waals surface area (Å²) < 4.78 is 11.3. The molecule has 1 unspecified atom stereocenters. The molecule has 2 aliphatic rings. The first-order valence-electron chi connectivity index (χ1n) is 7.04. The van der Waals surface area contributed by atoms with Gasteiger partial charge in [0.2, 0.25) is 5.89 Å². The van der Waals surface area contributed by atoms with Crippen LogP contribution in [0.5, 0.6) is 0 Å². The summed E-state index contributed by atoms with van der Waals surface area (Å²) in [4.78, 5) is 2.13. The van der Waals surface area contributed by atoms with Crippen LogP contribution in [0.1, 0.15) is 38.5 Å². The Labute approximate surface area is 113 Å². The number of nitrogens with one attached hydrogen (secondary N) is 1. The van der Waals surface area contributed by atoms with E-state index in [1.807, 2.05) is 0 Å². The normalized spacial score (nSPS) is 27.8. The molecule has 0 amide bonds. The Morgan fingerprint density at radius 1 is 1.47 bits per heavy atom. The van der Waals surface area contributed by atoms with Gasteiger partial charge in [0.15, 0.2) is 0 Å². The minimum Gasteiger partial charge on any atom is -0.407 e. The van der Waals surface area contributed by atoms with Crippen molar-refractivity contribution >= 4 is 6.01 Å². The SMILES string of the molecule is COC1(C)CCCN(c2nnc(CNC3CC3)o2)C1. The third-order valence-corrected chi connectivity index (χ3v) is 4.00. The standard InChI is InChI=1S/C13H22N4O2/c1-13(18-2)6-3-7-17(9-13)12-16-15-11(19-12)8-14-10-4-5-10/h10,14H,3-9H2,1-2H3. The number of methoxy groups -OCH3 is 1. The molecule has 19 heavy (non-hydrogen) atoms. The Balaban J connectivity index is 1.61. The van der Waals surface area contributed by atoms with Crippen LogP contribution in [0.2, 0.25) is 0 Å². The molecule has 0 spiro atoms. The molecule has 6 nitrogen and oxygen atoms in total. The van der Waals surface area contributed by atoms with Crippen LogP contribution in [0.4, 0.5) is 6.01 Å². The third-order valence-electron chi connectivity index (χ3n) is 4.00. The van der Waals surface area contributed by atoms with Gasteiger partial charge in [0.05, 0.1) is 18.7 Å². The van der Waals surface area contributed by atoms with Gasteiger partial charge in [0.25, 0.3) is 0 Å². The molecule has 1 atom stereocenters. The monoisotopic (exact) mass is 266 g/mol. The largest absolute Gasteiger partial charge is 0.407 e. The smallest absolute Gasteiger partial charge is 0.318 e. The van der Waals surface area contributed by atoms with Crippen molar-refractivity contribution in [3.05, 3.63) is 5.89 Å². The lowest BCUT2D eigenvalue weighted by molar-refractivity contribution is -0.00568. The number of anilines is 1. The molecule has 1 N–H and O–H groups in total. The minimum absolute atomic E-state index is 0.112. The number of aromatic nitrogens is 2. The van der Waals surface area contributed by atoms with E-state index in [0.717, 1.165) is 25.9 Å². The lowest BCUT2D eigenvalue weighted by atomic mass is 9.95. The van der Waals surface area contributed by atoms with Crippen LogP contribution in [-0.4, -0.2) is 42.0 Å². The first-order valence-corrected chi connectivity index (χ1v) is 7.04.